The van der Waals surface area contributed by atoms with E-state index in [0.29, 0.717) is 0 Å². The number of benzene rings is 2. The predicted octanol–water partition coefficient (Wildman–Crippen LogP) is 6.32. The Hall–Kier alpha value is -2.19. The molecule has 2 aliphatic rings. The molecule has 4 nitrogen and oxygen atoms in total. The molecule has 2 fully saturated rings. The summed E-state index contributed by atoms with van der Waals surface area (Å²) in [6, 6.07) is 11.6. The maximum atomic E-state index is 13.7. The molecule has 0 spiro atoms. The van der Waals surface area contributed by atoms with Crippen molar-refractivity contribution in [2.45, 2.75) is 61.2 Å². The first-order valence-electron chi connectivity index (χ1n) is 11.7. The first-order valence-corrected chi connectivity index (χ1v) is 13.0. The van der Waals surface area contributed by atoms with Crippen LogP contribution in [0.2, 0.25) is 0 Å². The van der Waals surface area contributed by atoms with Gasteiger partial charge in [-0.15, -0.1) is 11.8 Å². The second-order valence-electron chi connectivity index (χ2n) is 9.08. The van der Waals surface area contributed by atoms with E-state index in [1.165, 1.54) is 13.5 Å². The van der Waals surface area contributed by atoms with Gasteiger partial charge in [0, 0.05) is 10.4 Å². The van der Waals surface area contributed by atoms with Crippen LogP contribution in [0.3, 0.4) is 0 Å². The van der Waals surface area contributed by atoms with Gasteiger partial charge in [0.2, 0.25) is 0 Å². The van der Waals surface area contributed by atoms with Crippen LogP contribution in [0.5, 0.6) is 5.75 Å². The highest BCUT2D eigenvalue weighted by atomic mass is 32.2. The normalized spacial score (nSPS) is 19.2. The van der Waals surface area contributed by atoms with Gasteiger partial charge in [-0.3, -0.25) is 9.69 Å². The van der Waals surface area contributed by atoms with Crippen LogP contribution in [0.4, 0.5) is 13.2 Å². The molecule has 184 valence electrons. The molecular weight excluding hydrogens is 461 g/mol. The van der Waals surface area contributed by atoms with E-state index < -0.39 is 17.6 Å². The number of ether oxygens (including phenoxy) is 1. The number of methoxy groups -OCH3 is 1. The van der Waals surface area contributed by atoms with Gasteiger partial charge in [-0.05, 0) is 69.1 Å². The number of alkyl halides is 3. The average molecular weight is 493 g/mol. The summed E-state index contributed by atoms with van der Waals surface area (Å²) < 4.78 is 45.6. The summed E-state index contributed by atoms with van der Waals surface area (Å²) in [4.78, 5) is 16.5. The zero-order chi connectivity index (χ0) is 24.3. The van der Waals surface area contributed by atoms with Gasteiger partial charge in [0.05, 0.1) is 24.3 Å². The summed E-state index contributed by atoms with van der Waals surface area (Å²) in [5.74, 6) is -0.476. The molecule has 0 aromatic heterocycles. The summed E-state index contributed by atoms with van der Waals surface area (Å²) >= 11 is 1.11. The Bertz CT molecular complexity index is 978. The van der Waals surface area contributed by atoms with E-state index in [1.807, 2.05) is 30.3 Å². The lowest BCUT2D eigenvalue weighted by Gasteiger charge is -2.56. The van der Waals surface area contributed by atoms with Gasteiger partial charge >= 0.3 is 6.18 Å². The van der Waals surface area contributed by atoms with Crippen molar-refractivity contribution in [1.82, 2.24) is 10.2 Å². The first kappa shape index (κ1) is 24.9. The quantitative estimate of drug-likeness (QED) is 0.460. The Morgan fingerprint density at radius 3 is 2.29 bits per heavy atom. The third kappa shape index (κ3) is 4.80. The summed E-state index contributed by atoms with van der Waals surface area (Å²) in [5.41, 5.74) is 0.152. The lowest BCUT2D eigenvalue weighted by atomic mass is 9.67. The van der Waals surface area contributed by atoms with Gasteiger partial charge in [-0.25, -0.2) is 0 Å². The molecule has 1 atom stereocenters. The molecule has 1 unspecified atom stereocenters. The van der Waals surface area contributed by atoms with Gasteiger partial charge in [0.1, 0.15) is 5.75 Å². The van der Waals surface area contributed by atoms with E-state index >= 15 is 0 Å². The van der Waals surface area contributed by atoms with E-state index in [1.54, 1.807) is 6.26 Å². The molecule has 1 aliphatic carbocycles. The molecular formula is C26H31F3N2O2S. The lowest BCUT2D eigenvalue weighted by molar-refractivity contribution is -0.137. The molecule has 1 saturated heterocycles. The van der Waals surface area contributed by atoms with Crippen molar-refractivity contribution in [3.63, 3.8) is 0 Å². The Balaban J connectivity index is 1.74. The molecule has 4 rings (SSSR count). The molecule has 1 amide bonds. The number of piperidine rings is 1. The number of carbonyl (C=O) groups excluding carboxylic acids is 1. The van der Waals surface area contributed by atoms with Crippen molar-refractivity contribution in [2.24, 2.45) is 0 Å². The third-order valence-electron chi connectivity index (χ3n) is 7.21. The van der Waals surface area contributed by atoms with Gasteiger partial charge in [0.15, 0.2) is 0 Å². The number of hydrogen-bond acceptors (Lipinski definition) is 4. The molecule has 1 saturated carbocycles. The summed E-state index contributed by atoms with van der Waals surface area (Å²) in [6.07, 6.45) is 3.69. The van der Waals surface area contributed by atoms with E-state index in [-0.39, 0.29) is 27.8 Å². The van der Waals surface area contributed by atoms with E-state index in [4.69, 9.17) is 4.74 Å². The monoisotopic (exact) mass is 492 g/mol. The minimum Gasteiger partial charge on any atom is -0.496 e. The second kappa shape index (κ2) is 10.2. The second-order valence-corrected chi connectivity index (χ2v) is 9.92. The minimum absolute atomic E-state index is 0.0656. The highest BCUT2D eigenvalue weighted by Crippen LogP contribution is 2.48. The summed E-state index contributed by atoms with van der Waals surface area (Å²) in [6.45, 7) is 2.00. The molecule has 1 aliphatic heterocycles. The van der Waals surface area contributed by atoms with Crippen LogP contribution < -0.4 is 10.1 Å². The number of halogens is 3. The molecule has 2 aromatic carbocycles. The highest BCUT2D eigenvalue weighted by molar-refractivity contribution is 7.98. The SMILES string of the molecule is COc1cc(C(F)(F)F)cc(SC)c1C(=O)NC(c1ccccc1)C1(N2CCCCC2)CCC1. The topological polar surface area (TPSA) is 41.6 Å². The molecule has 2 aromatic rings. The Kier molecular flexibility index (Phi) is 7.48. The van der Waals surface area contributed by atoms with E-state index in [2.05, 4.69) is 10.2 Å². The minimum atomic E-state index is -4.52. The Labute approximate surface area is 203 Å². The molecule has 34 heavy (non-hydrogen) atoms. The van der Waals surface area contributed by atoms with Gasteiger partial charge in [0.25, 0.3) is 5.91 Å². The van der Waals surface area contributed by atoms with Crippen LogP contribution in [0, 0.1) is 0 Å². The fourth-order valence-corrected chi connectivity index (χ4v) is 5.98. The highest BCUT2D eigenvalue weighted by Gasteiger charge is 2.50. The zero-order valence-electron chi connectivity index (χ0n) is 19.6. The number of rotatable bonds is 7. The van der Waals surface area contributed by atoms with E-state index in [0.717, 1.165) is 74.7 Å². The molecule has 8 heteroatoms. The maximum absolute atomic E-state index is 13.7. The van der Waals surface area contributed by atoms with Gasteiger partial charge in [-0.1, -0.05) is 36.8 Å². The van der Waals surface area contributed by atoms with Gasteiger partial charge in [-0.2, -0.15) is 13.2 Å². The van der Waals surface area contributed by atoms with Crippen LogP contribution in [-0.4, -0.2) is 42.8 Å². The number of hydrogen-bond donors (Lipinski definition) is 1. The number of nitrogens with zero attached hydrogens (tertiary/aromatic N) is 1. The largest absolute Gasteiger partial charge is 0.496 e. The van der Waals surface area contributed by atoms with Crippen molar-refractivity contribution < 1.29 is 22.7 Å². The van der Waals surface area contributed by atoms with Crippen LogP contribution in [0.1, 0.15) is 66.1 Å². The van der Waals surface area contributed by atoms with Crippen molar-refractivity contribution in [3.05, 3.63) is 59.2 Å². The van der Waals surface area contributed by atoms with Crippen LogP contribution in [-0.2, 0) is 6.18 Å². The third-order valence-corrected chi connectivity index (χ3v) is 7.97. The lowest BCUT2D eigenvalue weighted by Crippen LogP contribution is -2.62. The van der Waals surface area contributed by atoms with Crippen LogP contribution >= 0.6 is 11.8 Å². The maximum Gasteiger partial charge on any atom is 0.416 e. The van der Waals surface area contributed by atoms with Crippen molar-refractivity contribution >= 4 is 17.7 Å². The molecule has 1 N–H and O–H groups in total. The number of likely N-dealkylation sites (tertiary alicyclic amines) is 1. The van der Waals surface area contributed by atoms with Crippen molar-refractivity contribution in [3.8, 4) is 5.75 Å². The van der Waals surface area contributed by atoms with Crippen molar-refractivity contribution in [1.29, 1.82) is 0 Å². The number of carbonyl (C=O) groups is 1. The van der Waals surface area contributed by atoms with Gasteiger partial charge < -0.3 is 10.1 Å². The van der Waals surface area contributed by atoms with Crippen LogP contribution in [0.25, 0.3) is 0 Å². The fraction of sp³-hybridized carbons (Fsp3) is 0.500. The standard InChI is InChI=1S/C26H31F3N2O2S/c1-33-20-16-19(26(27,28)29)17-21(34-2)22(20)24(32)30-23(18-10-5-3-6-11-18)25(12-9-13-25)31-14-7-4-8-15-31/h3,5-6,10-11,16-17,23H,4,7-9,12-15H2,1-2H3,(H,30,32). The van der Waals surface area contributed by atoms with E-state index in [9.17, 15) is 18.0 Å². The smallest absolute Gasteiger partial charge is 0.416 e. The summed E-state index contributed by atoms with van der Waals surface area (Å²) in [7, 11) is 1.30. The number of thioether (sulfide) groups is 1. The fourth-order valence-electron chi connectivity index (χ4n) is 5.34. The molecule has 0 bridgehead atoms. The van der Waals surface area contributed by atoms with Crippen molar-refractivity contribution in [2.75, 3.05) is 26.5 Å². The van der Waals surface area contributed by atoms with Crippen LogP contribution in [0.15, 0.2) is 47.4 Å². The first-order chi connectivity index (χ1) is 16.3. The Morgan fingerprint density at radius 1 is 1.09 bits per heavy atom. The average Bonchev–Trinajstić information content (AvgIpc) is 2.82. The molecule has 1 heterocycles. The Morgan fingerprint density at radius 2 is 1.76 bits per heavy atom. The molecule has 0 radical (unpaired) electrons. The predicted molar refractivity (Wildman–Crippen MR) is 128 cm³/mol. The summed E-state index contributed by atoms with van der Waals surface area (Å²) in [5, 5.41) is 3.24. The number of amides is 1. The zero-order valence-corrected chi connectivity index (χ0v) is 20.4. The number of nitrogens with one attached hydrogen (secondary N) is 1.